The molecule has 140 valence electrons. The summed E-state index contributed by atoms with van der Waals surface area (Å²) in [5.74, 6) is 0.730. The Kier molecular flexibility index (Phi) is 4.90. The summed E-state index contributed by atoms with van der Waals surface area (Å²) >= 11 is 0. The van der Waals surface area contributed by atoms with Crippen molar-refractivity contribution in [2.24, 2.45) is 0 Å². The molecule has 2 amide bonds. The molecule has 0 bridgehead atoms. The molecule has 1 aromatic heterocycles. The third-order valence-corrected chi connectivity index (χ3v) is 4.12. The molecule has 0 radical (unpaired) electrons. The molecule has 3 aromatic rings. The van der Waals surface area contributed by atoms with Crippen molar-refractivity contribution >= 4 is 17.5 Å². The number of aryl methyl sites for hydroxylation is 1. The zero-order valence-electron chi connectivity index (χ0n) is 15.9. The maximum atomic E-state index is 12.4. The van der Waals surface area contributed by atoms with Gasteiger partial charge in [0.1, 0.15) is 11.6 Å². The summed E-state index contributed by atoms with van der Waals surface area (Å²) in [6.45, 7) is 8.26. The Hall–Kier alpha value is -3.28. The van der Waals surface area contributed by atoms with Gasteiger partial charge < -0.3 is 10.4 Å². The lowest BCUT2D eigenvalue weighted by Crippen LogP contribution is -2.21. The third kappa shape index (κ3) is 4.47. The number of nitrogens with zero attached hydrogens (tertiary/aromatic N) is 2. The molecular formula is C21H24N4O2. The standard InChI is InChI=1S/C21H24N4O2/c1-14-5-9-16(10-6-14)25-19(13-18(24-25)21(2,3)4)23-20(27)22-15-7-11-17(26)12-8-15/h5-13,26H,1-4H3,(H2,22,23,27). The number of phenols is 1. The number of phenolic OH excluding ortho intramolecular Hbond substituents is 1. The van der Waals surface area contributed by atoms with Crippen LogP contribution in [0.3, 0.4) is 0 Å². The quantitative estimate of drug-likeness (QED) is 0.583. The second-order valence-corrected chi connectivity index (χ2v) is 7.54. The maximum absolute atomic E-state index is 12.4. The first-order valence-corrected chi connectivity index (χ1v) is 8.77. The van der Waals surface area contributed by atoms with Crippen molar-refractivity contribution in [1.29, 1.82) is 0 Å². The Morgan fingerprint density at radius 1 is 1.00 bits per heavy atom. The molecule has 3 rings (SSSR count). The fourth-order valence-electron chi connectivity index (χ4n) is 2.54. The number of carbonyl (C=O) groups is 1. The van der Waals surface area contributed by atoms with E-state index in [0.29, 0.717) is 11.5 Å². The molecule has 0 spiro atoms. The number of aromatic nitrogens is 2. The predicted octanol–water partition coefficient (Wildman–Crippen LogP) is 4.83. The molecule has 0 saturated heterocycles. The number of anilines is 2. The van der Waals surface area contributed by atoms with Gasteiger partial charge in [0, 0.05) is 17.2 Å². The van der Waals surface area contributed by atoms with E-state index < -0.39 is 0 Å². The number of carbonyl (C=O) groups excluding carboxylic acids is 1. The van der Waals surface area contributed by atoms with Crippen molar-refractivity contribution in [2.45, 2.75) is 33.1 Å². The highest BCUT2D eigenvalue weighted by atomic mass is 16.3. The Bertz CT molecular complexity index is 936. The zero-order valence-corrected chi connectivity index (χ0v) is 15.9. The first kappa shape index (κ1) is 18.5. The second kappa shape index (κ2) is 7.15. The molecule has 0 aliphatic rings. The zero-order chi connectivity index (χ0) is 19.6. The topological polar surface area (TPSA) is 79.2 Å². The van der Waals surface area contributed by atoms with Gasteiger partial charge in [-0.25, -0.2) is 9.48 Å². The lowest BCUT2D eigenvalue weighted by molar-refractivity contribution is 0.262. The summed E-state index contributed by atoms with van der Waals surface area (Å²) in [7, 11) is 0. The van der Waals surface area contributed by atoms with Crippen LogP contribution in [0, 0.1) is 6.92 Å². The average Bonchev–Trinajstić information content (AvgIpc) is 3.02. The number of rotatable bonds is 3. The van der Waals surface area contributed by atoms with Crippen molar-refractivity contribution in [3.8, 4) is 11.4 Å². The van der Waals surface area contributed by atoms with Crippen LogP contribution in [-0.2, 0) is 5.41 Å². The molecule has 2 aromatic carbocycles. The minimum Gasteiger partial charge on any atom is -0.508 e. The van der Waals surface area contributed by atoms with Crippen LogP contribution in [0.2, 0.25) is 0 Å². The Morgan fingerprint density at radius 3 is 2.22 bits per heavy atom. The lowest BCUT2D eigenvalue weighted by atomic mass is 9.92. The minimum atomic E-state index is -0.380. The smallest absolute Gasteiger partial charge is 0.324 e. The van der Waals surface area contributed by atoms with Gasteiger partial charge in [-0.15, -0.1) is 0 Å². The van der Waals surface area contributed by atoms with Gasteiger partial charge in [-0.1, -0.05) is 38.5 Å². The Labute approximate surface area is 158 Å². The molecule has 3 N–H and O–H groups in total. The van der Waals surface area contributed by atoms with E-state index in [4.69, 9.17) is 5.10 Å². The van der Waals surface area contributed by atoms with E-state index in [-0.39, 0.29) is 17.2 Å². The number of nitrogens with one attached hydrogen (secondary N) is 2. The van der Waals surface area contributed by atoms with Gasteiger partial charge in [-0.3, -0.25) is 5.32 Å². The summed E-state index contributed by atoms with van der Waals surface area (Å²) < 4.78 is 1.73. The largest absolute Gasteiger partial charge is 0.508 e. The molecule has 0 unspecified atom stereocenters. The van der Waals surface area contributed by atoms with Crippen molar-refractivity contribution in [2.75, 3.05) is 10.6 Å². The van der Waals surface area contributed by atoms with Crippen LogP contribution in [0.5, 0.6) is 5.75 Å². The van der Waals surface area contributed by atoms with Crippen LogP contribution in [0.25, 0.3) is 5.69 Å². The van der Waals surface area contributed by atoms with Crippen molar-refractivity contribution < 1.29 is 9.90 Å². The summed E-state index contributed by atoms with van der Waals surface area (Å²) in [5.41, 5.74) is 3.34. The first-order chi connectivity index (χ1) is 12.7. The highest BCUT2D eigenvalue weighted by Gasteiger charge is 2.21. The van der Waals surface area contributed by atoms with Gasteiger partial charge in [-0.2, -0.15) is 5.10 Å². The van der Waals surface area contributed by atoms with Crippen LogP contribution in [0.1, 0.15) is 32.0 Å². The Morgan fingerprint density at radius 2 is 1.63 bits per heavy atom. The SMILES string of the molecule is Cc1ccc(-n2nc(C(C)(C)C)cc2NC(=O)Nc2ccc(O)cc2)cc1. The number of aromatic hydroxyl groups is 1. The summed E-state index contributed by atoms with van der Waals surface area (Å²) in [6, 6.07) is 15.8. The summed E-state index contributed by atoms with van der Waals surface area (Å²) in [4.78, 5) is 12.4. The average molecular weight is 364 g/mol. The van der Waals surface area contributed by atoms with Crippen LogP contribution >= 0.6 is 0 Å². The minimum absolute atomic E-state index is 0.147. The molecule has 1 heterocycles. The van der Waals surface area contributed by atoms with Gasteiger partial charge in [0.05, 0.1) is 11.4 Å². The highest BCUT2D eigenvalue weighted by Crippen LogP contribution is 2.26. The van der Waals surface area contributed by atoms with Gasteiger partial charge in [0.15, 0.2) is 0 Å². The second-order valence-electron chi connectivity index (χ2n) is 7.54. The summed E-state index contributed by atoms with van der Waals surface area (Å²) in [6.07, 6.45) is 0. The lowest BCUT2D eigenvalue weighted by Gasteiger charge is -2.14. The van der Waals surface area contributed by atoms with E-state index in [1.807, 2.05) is 37.3 Å². The monoisotopic (exact) mass is 364 g/mol. The van der Waals surface area contributed by atoms with Crippen molar-refractivity contribution in [1.82, 2.24) is 9.78 Å². The fourth-order valence-corrected chi connectivity index (χ4v) is 2.54. The molecule has 0 aliphatic carbocycles. The van der Waals surface area contributed by atoms with Gasteiger partial charge in [-0.05, 0) is 43.3 Å². The molecule has 0 saturated carbocycles. The molecule has 27 heavy (non-hydrogen) atoms. The normalized spacial score (nSPS) is 11.3. The number of benzene rings is 2. The van der Waals surface area contributed by atoms with Gasteiger partial charge in [0.2, 0.25) is 0 Å². The number of urea groups is 1. The van der Waals surface area contributed by atoms with Gasteiger partial charge in [0.25, 0.3) is 0 Å². The molecule has 0 fully saturated rings. The molecule has 6 nitrogen and oxygen atoms in total. The van der Waals surface area contributed by atoms with Gasteiger partial charge >= 0.3 is 6.03 Å². The first-order valence-electron chi connectivity index (χ1n) is 8.77. The third-order valence-electron chi connectivity index (χ3n) is 4.12. The number of hydrogen-bond donors (Lipinski definition) is 3. The Balaban J connectivity index is 1.88. The van der Waals surface area contributed by atoms with E-state index in [2.05, 4.69) is 31.4 Å². The van der Waals surface area contributed by atoms with Crippen LogP contribution in [0.15, 0.2) is 54.6 Å². The van der Waals surface area contributed by atoms with E-state index in [1.165, 1.54) is 12.1 Å². The van der Waals surface area contributed by atoms with Crippen LogP contribution in [0.4, 0.5) is 16.3 Å². The van der Waals surface area contributed by atoms with Crippen LogP contribution in [-0.4, -0.2) is 20.9 Å². The predicted molar refractivity (Wildman–Crippen MR) is 108 cm³/mol. The maximum Gasteiger partial charge on any atom is 0.324 e. The highest BCUT2D eigenvalue weighted by molar-refractivity contribution is 5.99. The molecule has 0 atom stereocenters. The van der Waals surface area contributed by atoms with Crippen molar-refractivity contribution in [3.63, 3.8) is 0 Å². The van der Waals surface area contributed by atoms with E-state index in [0.717, 1.165) is 16.9 Å². The molecular weight excluding hydrogens is 340 g/mol. The van der Waals surface area contributed by atoms with Crippen molar-refractivity contribution in [3.05, 3.63) is 65.9 Å². The summed E-state index contributed by atoms with van der Waals surface area (Å²) in [5, 5.41) is 19.7. The fraction of sp³-hybridized carbons (Fsp3) is 0.238. The number of amides is 2. The van der Waals surface area contributed by atoms with E-state index >= 15 is 0 Å². The molecule has 0 aliphatic heterocycles. The van der Waals surface area contributed by atoms with E-state index in [9.17, 15) is 9.90 Å². The van der Waals surface area contributed by atoms with E-state index in [1.54, 1.807) is 16.8 Å². The number of hydrogen-bond acceptors (Lipinski definition) is 3. The van der Waals surface area contributed by atoms with Crippen LogP contribution < -0.4 is 10.6 Å². The molecule has 6 heteroatoms.